The van der Waals surface area contributed by atoms with Crippen LogP contribution in [0.2, 0.25) is 0 Å². The van der Waals surface area contributed by atoms with Crippen molar-refractivity contribution in [3.63, 3.8) is 0 Å². The lowest BCUT2D eigenvalue weighted by molar-refractivity contribution is 0.0124. The SMILES string of the molecule is CCn1cc(CC(CO)(CO)C2CCS(=O)(=O)C2)cn1. The highest BCUT2D eigenvalue weighted by Crippen LogP contribution is 2.38. The number of hydrogen-bond acceptors (Lipinski definition) is 5. The van der Waals surface area contributed by atoms with Crippen LogP contribution in [0.1, 0.15) is 18.9 Å². The molecule has 6 nitrogen and oxygen atoms in total. The Morgan fingerprint density at radius 2 is 2.15 bits per heavy atom. The lowest BCUT2D eigenvalue weighted by Crippen LogP contribution is -2.40. The molecule has 0 aromatic carbocycles. The summed E-state index contributed by atoms with van der Waals surface area (Å²) in [4.78, 5) is 0. The van der Waals surface area contributed by atoms with E-state index in [1.165, 1.54) is 0 Å². The van der Waals surface area contributed by atoms with Crippen LogP contribution in [0, 0.1) is 11.3 Å². The third-order valence-corrected chi connectivity index (χ3v) is 6.06. The average molecular weight is 302 g/mol. The summed E-state index contributed by atoms with van der Waals surface area (Å²) in [5.74, 6) is -0.00332. The van der Waals surface area contributed by atoms with Gasteiger partial charge in [0.2, 0.25) is 0 Å². The first-order chi connectivity index (χ1) is 9.44. The maximum absolute atomic E-state index is 11.6. The maximum Gasteiger partial charge on any atom is 0.150 e. The Morgan fingerprint density at radius 1 is 1.45 bits per heavy atom. The summed E-state index contributed by atoms with van der Waals surface area (Å²) >= 11 is 0. The lowest BCUT2D eigenvalue weighted by atomic mass is 9.72. The number of aryl methyl sites for hydroxylation is 1. The van der Waals surface area contributed by atoms with Gasteiger partial charge in [-0.1, -0.05) is 0 Å². The minimum Gasteiger partial charge on any atom is -0.396 e. The van der Waals surface area contributed by atoms with Gasteiger partial charge >= 0.3 is 0 Å². The van der Waals surface area contributed by atoms with Gasteiger partial charge in [0.25, 0.3) is 0 Å². The Kier molecular flexibility index (Phi) is 4.51. The molecule has 1 aliphatic rings. The second-order valence-electron chi connectivity index (χ2n) is 5.66. The van der Waals surface area contributed by atoms with Crippen LogP contribution < -0.4 is 0 Å². The summed E-state index contributed by atoms with van der Waals surface area (Å²) in [6.07, 6.45) is 4.54. The highest BCUT2D eigenvalue weighted by Gasteiger charge is 2.44. The van der Waals surface area contributed by atoms with Crippen LogP contribution in [-0.4, -0.2) is 53.1 Å². The van der Waals surface area contributed by atoms with Crippen molar-refractivity contribution in [1.82, 2.24) is 9.78 Å². The number of aliphatic hydroxyl groups excluding tert-OH is 2. The Balaban J connectivity index is 2.21. The number of aliphatic hydroxyl groups is 2. The molecular weight excluding hydrogens is 280 g/mol. The highest BCUT2D eigenvalue weighted by atomic mass is 32.2. The summed E-state index contributed by atoms with van der Waals surface area (Å²) in [7, 11) is -3.03. The molecule has 0 aliphatic carbocycles. The molecule has 0 bridgehead atoms. The molecule has 1 aliphatic heterocycles. The summed E-state index contributed by atoms with van der Waals surface area (Å²) in [6.45, 7) is 2.29. The summed E-state index contributed by atoms with van der Waals surface area (Å²) in [5.41, 5.74) is 0.129. The smallest absolute Gasteiger partial charge is 0.150 e. The summed E-state index contributed by atoms with van der Waals surface area (Å²) < 4.78 is 25.1. The largest absolute Gasteiger partial charge is 0.396 e. The first-order valence-electron chi connectivity index (χ1n) is 6.88. The van der Waals surface area contributed by atoms with Crippen molar-refractivity contribution >= 4 is 9.84 Å². The summed E-state index contributed by atoms with van der Waals surface area (Å²) in [6, 6.07) is 0. The molecule has 0 saturated carbocycles. The number of sulfone groups is 1. The van der Waals surface area contributed by atoms with Gasteiger partial charge in [-0.15, -0.1) is 0 Å². The fourth-order valence-electron chi connectivity index (χ4n) is 2.92. The van der Waals surface area contributed by atoms with Gasteiger partial charge in [-0.3, -0.25) is 4.68 Å². The van der Waals surface area contributed by atoms with Crippen LogP contribution in [-0.2, 0) is 22.8 Å². The molecule has 1 fully saturated rings. The van der Waals surface area contributed by atoms with E-state index in [0.717, 1.165) is 12.1 Å². The fourth-order valence-corrected chi connectivity index (χ4v) is 4.86. The van der Waals surface area contributed by atoms with Crippen LogP contribution in [0.5, 0.6) is 0 Å². The Hall–Kier alpha value is -0.920. The fraction of sp³-hybridized carbons (Fsp3) is 0.769. The molecule has 1 aromatic rings. The van der Waals surface area contributed by atoms with E-state index in [1.54, 1.807) is 10.9 Å². The normalized spacial score (nSPS) is 22.2. The first-order valence-corrected chi connectivity index (χ1v) is 8.70. The van der Waals surface area contributed by atoms with Crippen LogP contribution in [0.15, 0.2) is 12.4 Å². The van der Waals surface area contributed by atoms with Crippen molar-refractivity contribution in [2.24, 2.45) is 11.3 Å². The average Bonchev–Trinajstić information content (AvgIpc) is 3.02. The molecule has 1 unspecified atom stereocenters. The third kappa shape index (κ3) is 3.05. The number of nitrogens with zero attached hydrogens (tertiary/aromatic N) is 2. The van der Waals surface area contributed by atoms with Gasteiger partial charge in [0.15, 0.2) is 9.84 Å². The van der Waals surface area contributed by atoms with Crippen molar-refractivity contribution < 1.29 is 18.6 Å². The highest BCUT2D eigenvalue weighted by molar-refractivity contribution is 7.91. The standard InChI is InChI=1S/C13H22N2O4S/c1-2-15-7-11(6-14-15)5-13(9-16,10-17)12-3-4-20(18,19)8-12/h6-7,12,16-17H,2-5,8-10H2,1H3. The van der Waals surface area contributed by atoms with Gasteiger partial charge in [-0.05, 0) is 31.2 Å². The number of hydrogen-bond donors (Lipinski definition) is 2. The number of aromatic nitrogens is 2. The predicted molar refractivity (Wildman–Crippen MR) is 75.0 cm³/mol. The van der Waals surface area contributed by atoms with Gasteiger partial charge in [0.1, 0.15) is 0 Å². The molecule has 0 amide bonds. The van der Waals surface area contributed by atoms with Gasteiger partial charge in [-0.25, -0.2) is 8.42 Å². The quantitative estimate of drug-likeness (QED) is 0.762. The predicted octanol–water partition coefficient (Wildman–Crippen LogP) is -0.149. The molecule has 114 valence electrons. The molecule has 1 aromatic heterocycles. The van der Waals surface area contributed by atoms with Gasteiger partial charge < -0.3 is 10.2 Å². The second-order valence-corrected chi connectivity index (χ2v) is 7.89. The zero-order valence-corrected chi connectivity index (χ0v) is 12.5. The van der Waals surface area contributed by atoms with Crippen LogP contribution in [0.25, 0.3) is 0 Å². The molecule has 0 spiro atoms. The molecule has 2 N–H and O–H groups in total. The van der Waals surface area contributed by atoms with E-state index in [9.17, 15) is 18.6 Å². The van der Waals surface area contributed by atoms with Gasteiger partial charge in [-0.2, -0.15) is 5.10 Å². The van der Waals surface area contributed by atoms with E-state index in [4.69, 9.17) is 0 Å². The maximum atomic E-state index is 11.6. The molecule has 1 saturated heterocycles. The van der Waals surface area contributed by atoms with E-state index in [0.29, 0.717) is 12.8 Å². The monoisotopic (exact) mass is 302 g/mol. The van der Waals surface area contributed by atoms with Crippen LogP contribution in [0.3, 0.4) is 0 Å². The minimum absolute atomic E-state index is 0.0516. The van der Waals surface area contributed by atoms with E-state index in [-0.39, 0.29) is 30.6 Å². The molecule has 0 radical (unpaired) electrons. The van der Waals surface area contributed by atoms with Gasteiger partial charge in [0.05, 0.1) is 30.9 Å². The zero-order valence-electron chi connectivity index (χ0n) is 11.7. The Labute approximate surface area is 119 Å². The lowest BCUT2D eigenvalue weighted by Gasteiger charge is -2.35. The van der Waals surface area contributed by atoms with Crippen LogP contribution in [0.4, 0.5) is 0 Å². The van der Waals surface area contributed by atoms with Crippen molar-refractivity contribution in [1.29, 1.82) is 0 Å². The molecule has 20 heavy (non-hydrogen) atoms. The Bertz CT molecular complexity index is 548. The molecular formula is C13H22N2O4S. The molecule has 2 heterocycles. The third-order valence-electron chi connectivity index (χ3n) is 4.30. The van der Waals surface area contributed by atoms with Crippen molar-refractivity contribution in [3.05, 3.63) is 18.0 Å². The molecule has 1 atom stereocenters. The zero-order chi connectivity index (χ0) is 14.8. The van der Waals surface area contributed by atoms with E-state index < -0.39 is 15.3 Å². The van der Waals surface area contributed by atoms with Crippen molar-refractivity contribution in [2.45, 2.75) is 26.3 Å². The van der Waals surface area contributed by atoms with E-state index >= 15 is 0 Å². The minimum atomic E-state index is -3.03. The van der Waals surface area contributed by atoms with Gasteiger partial charge in [0, 0.05) is 18.2 Å². The summed E-state index contributed by atoms with van der Waals surface area (Å²) in [5, 5.41) is 23.7. The Morgan fingerprint density at radius 3 is 2.60 bits per heavy atom. The topological polar surface area (TPSA) is 92.4 Å². The van der Waals surface area contributed by atoms with E-state index in [2.05, 4.69) is 5.10 Å². The number of rotatable bonds is 6. The second kappa shape index (κ2) is 5.83. The molecule has 2 rings (SSSR count). The van der Waals surface area contributed by atoms with Crippen molar-refractivity contribution in [3.8, 4) is 0 Å². The van der Waals surface area contributed by atoms with E-state index in [1.807, 2.05) is 13.1 Å². The van der Waals surface area contributed by atoms with Crippen LogP contribution >= 0.6 is 0 Å². The first kappa shape index (κ1) is 15.5. The van der Waals surface area contributed by atoms with Crippen molar-refractivity contribution in [2.75, 3.05) is 24.7 Å². The molecule has 7 heteroatoms.